The van der Waals surface area contributed by atoms with Crippen molar-refractivity contribution >= 4 is 26.5 Å². The van der Waals surface area contributed by atoms with E-state index in [0.717, 1.165) is 0 Å². The van der Waals surface area contributed by atoms with E-state index in [0.29, 0.717) is 27.7 Å². The fraction of sp³-hybridized carbons (Fsp3) is 0.240. The zero-order chi connectivity index (χ0) is 27.8. The number of alkyl halides is 3. The minimum Gasteiger partial charge on any atom is -0.497 e. The molecular weight excluding hydrogens is 549 g/mol. The van der Waals surface area contributed by atoms with Crippen LogP contribution in [0.4, 0.5) is 13.2 Å². The standard InChI is InChI=1S/C25H23F3O8S2/c1-31-15-8-6-14(7-9-15)22-23-18(34-4)10-16(32-2)12-20(23)37(36-38(29,30)25(26,27)28)21-13-17(33-3)11-19(35-5)24(21)22/h6-13H,1-5H3. The van der Waals surface area contributed by atoms with Crippen molar-refractivity contribution < 1.29 is 48.9 Å². The van der Waals surface area contributed by atoms with Crippen molar-refractivity contribution in [2.45, 2.75) is 10.4 Å². The zero-order valence-corrected chi connectivity index (χ0v) is 22.5. The van der Waals surface area contributed by atoms with Crippen LogP contribution < -0.4 is 28.9 Å². The molecule has 38 heavy (non-hydrogen) atoms. The number of benzene rings is 3. The van der Waals surface area contributed by atoms with Crippen molar-refractivity contribution in [2.24, 2.45) is 0 Å². The van der Waals surface area contributed by atoms with Crippen LogP contribution in [0.3, 0.4) is 0 Å². The predicted molar refractivity (Wildman–Crippen MR) is 134 cm³/mol. The van der Waals surface area contributed by atoms with Crippen LogP contribution in [0.2, 0.25) is 0 Å². The van der Waals surface area contributed by atoms with Crippen LogP contribution in [0.1, 0.15) is 11.1 Å². The van der Waals surface area contributed by atoms with Crippen molar-refractivity contribution in [3.8, 4) is 28.7 Å². The molecule has 3 aromatic rings. The Balaban J connectivity index is 2.30. The van der Waals surface area contributed by atoms with Crippen LogP contribution in [0.15, 0.2) is 53.4 Å². The molecule has 0 saturated heterocycles. The maximum Gasteiger partial charge on any atom is 0.524 e. The fourth-order valence-electron chi connectivity index (χ4n) is 3.97. The van der Waals surface area contributed by atoms with E-state index < -0.39 is 26.4 Å². The van der Waals surface area contributed by atoms with Crippen LogP contribution >= 0.6 is 10.8 Å². The Labute approximate surface area is 219 Å². The fourth-order valence-corrected chi connectivity index (χ4v) is 7.04. The van der Waals surface area contributed by atoms with Gasteiger partial charge in [-0.3, -0.25) is 0 Å². The van der Waals surface area contributed by atoms with Crippen LogP contribution in [0.25, 0.3) is 5.57 Å². The molecule has 0 radical (unpaired) electrons. The molecule has 4 rings (SSSR count). The third kappa shape index (κ3) is 4.76. The molecule has 1 unspecified atom stereocenters. The molecule has 0 aromatic heterocycles. The van der Waals surface area contributed by atoms with Gasteiger partial charge in [0.2, 0.25) is 0 Å². The number of hydrogen-bond acceptors (Lipinski definition) is 8. The number of ether oxygens (including phenoxy) is 5. The van der Waals surface area contributed by atoms with Crippen molar-refractivity contribution in [2.75, 3.05) is 35.5 Å². The topological polar surface area (TPSA) is 89.5 Å². The molecule has 0 fully saturated rings. The van der Waals surface area contributed by atoms with E-state index in [-0.39, 0.29) is 32.4 Å². The molecule has 1 heterocycles. The Morgan fingerprint density at radius 3 is 1.79 bits per heavy atom. The predicted octanol–water partition coefficient (Wildman–Crippen LogP) is 4.65. The minimum absolute atomic E-state index is 0.0997. The van der Waals surface area contributed by atoms with Gasteiger partial charge in [0, 0.05) is 48.7 Å². The molecule has 1 atom stereocenters. The lowest BCUT2D eigenvalue weighted by Gasteiger charge is -2.25. The first kappa shape index (κ1) is 27.6. The van der Waals surface area contributed by atoms with Crippen LogP contribution in [0.5, 0.6) is 28.7 Å². The normalized spacial score (nSPS) is 14.8. The molecule has 0 aliphatic carbocycles. The zero-order valence-electron chi connectivity index (χ0n) is 20.8. The average Bonchev–Trinajstić information content (AvgIpc) is 2.91. The van der Waals surface area contributed by atoms with Gasteiger partial charge in [-0.1, -0.05) is 12.1 Å². The largest absolute Gasteiger partial charge is 0.524 e. The smallest absolute Gasteiger partial charge is 0.497 e. The highest BCUT2D eigenvalue weighted by molar-refractivity contribution is 8.12. The first-order chi connectivity index (χ1) is 18.0. The summed E-state index contributed by atoms with van der Waals surface area (Å²) in [6, 6.07) is 12.9. The van der Waals surface area contributed by atoms with Gasteiger partial charge in [0.15, 0.2) is 0 Å². The lowest BCUT2D eigenvalue weighted by atomic mass is 9.93. The minimum atomic E-state index is -6.03. The van der Waals surface area contributed by atoms with E-state index in [2.05, 4.69) is 0 Å². The summed E-state index contributed by atoms with van der Waals surface area (Å²) >= 11 is 0. The molecular formula is C25H23F3O8S2. The monoisotopic (exact) mass is 572 g/mol. The molecule has 8 nitrogen and oxygen atoms in total. The SMILES string of the molecule is COc1ccc(C2=c3c(OC)cc(OC)cc3=S(OS(=O)(=O)C(F)(F)F)c3cc(OC)cc(OC)c32)cc1. The lowest BCUT2D eigenvalue weighted by molar-refractivity contribution is -0.0494. The summed E-state index contributed by atoms with van der Waals surface area (Å²) in [7, 11) is -1.15. The Morgan fingerprint density at radius 1 is 0.711 bits per heavy atom. The van der Waals surface area contributed by atoms with Gasteiger partial charge in [0.05, 0.1) is 35.5 Å². The number of fused-ring (bicyclic) bond motifs is 2. The van der Waals surface area contributed by atoms with Gasteiger partial charge in [-0.15, -0.1) is 0 Å². The molecule has 1 aliphatic heterocycles. The Bertz CT molecular complexity index is 1620. The molecule has 3 aromatic carbocycles. The summed E-state index contributed by atoms with van der Waals surface area (Å²) in [5.74, 6) is 1.46. The molecule has 13 heteroatoms. The maximum absolute atomic E-state index is 13.5. The quantitative estimate of drug-likeness (QED) is 0.285. The molecule has 204 valence electrons. The van der Waals surface area contributed by atoms with Gasteiger partial charge in [0.25, 0.3) is 0 Å². The summed E-state index contributed by atoms with van der Waals surface area (Å²) in [5, 5.41) is 0.315. The number of methoxy groups -OCH3 is 5. The molecule has 0 N–H and O–H groups in total. The van der Waals surface area contributed by atoms with Gasteiger partial charge < -0.3 is 23.7 Å². The second-order valence-corrected chi connectivity index (χ2v) is 11.1. The second-order valence-electron chi connectivity index (χ2n) is 7.75. The number of halogens is 3. The lowest BCUT2D eigenvalue weighted by Crippen LogP contribution is -2.25. The molecule has 1 aliphatic rings. The van der Waals surface area contributed by atoms with Crippen molar-refractivity contribution in [1.82, 2.24) is 0 Å². The van der Waals surface area contributed by atoms with Gasteiger partial charge >= 0.3 is 15.6 Å². The van der Waals surface area contributed by atoms with Crippen LogP contribution in [-0.4, -0.2) is 49.5 Å². The summed E-state index contributed by atoms with van der Waals surface area (Å²) in [6.07, 6.45) is 0. The summed E-state index contributed by atoms with van der Waals surface area (Å²) in [6.45, 7) is 0. The van der Waals surface area contributed by atoms with E-state index in [1.807, 2.05) is 0 Å². The highest BCUT2D eigenvalue weighted by Crippen LogP contribution is 2.49. The first-order valence-electron chi connectivity index (χ1n) is 10.8. The summed E-state index contributed by atoms with van der Waals surface area (Å²) in [4.78, 5) is 0.0997. The Hall–Kier alpha value is -3.42. The average molecular weight is 573 g/mol. The second kappa shape index (κ2) is 10.4. The molecule has 0 spiro atoms. The first-order valence-corrected chi connectivity index (χ1v) is 13.3. The van der Waals surface area contributed by atoms with Gasteiger partial charge in [-0.2, -0.15) is 25.2 Å². The maximum atomic E-state index is 13.5. The molecule has 0 amide bonds. The van der Waals surface area contributed by atoms with E-state index in [4.69, 9.17) is 27.3 Å². The van der Waals surface area contributed by atoms with Crippen LogP contribution in [0, 0.1) is 4.51 Å². The third-order valence-corrected chi connectivity index (χ3v) is 8.98. The van der Waals surface area contributed by atoms with Gasteiger partial charge in [0.1, 0.15) is 28.7 Å². The number of hydrogen-bond donors (Lipinski definition) is 0. The Kier molecular flexibility index (Phi) is 7.55. The summed E-state index contributed by atoms with van der Waals surface area (Å²) < 4.78 is 97.3. The van der Waals surface area contributed by atoms with Crippen molar-refractivity contribution in [1.29, 1.82) is 0 Å². The van der Waals surface area contributed by atoms with Gasteiger partial charge in [-0.05, 0) is 29.8 Å². The van der Waals surface area contributed by atoms with Crippen molar-refractivity contribution in [3.63, 3.8) is 0 Å². The third-order valence-electron chi connectivity index (χ3n) is 5.71. The molecule has 0 bridgehead atoms. The summed E-state index contributed by atoms with van der Waals surface area (Å²) in [5.41, 5.74) is -4.21. The van der Waals surface area contributed by atoms with E-state index >= 15 is 0 Å². The van der Waals surface area contributed by atoms with E-state index in [1.54, 1.807) is 36.4 Å². The van der Waals surface area contributed by atoms with E-state index in [1.165, 1.54) is 47.7 Å². The highest BCUT2D eigenvalue weighted by atomic mass is 32.3. The van der Waals surface area contributed by atoms with Gasteiger partial charge in [-0.25, -0.2) is 0 Å². The molecule has 0 saturated carbocycles. The van der Waals surface area contributed by atoms with E-state index in [9.17, 15) is 21.6 Å². The van der Waals surface area contributed by atoms with Crippen molar-refractivity contribution in [3.05, 3.63) is 69.4 Å². The Morgan fingerprint density at radius 2 is 1.26 bits per heavy atom. The number of rotatable bonds is 8. The van der Waals surface area contributed by atoms with Crippen LogP contribution in [-0.2, 0) is 13.7 Å². The highest BCUT2D eigenvalue weighted by Gasteiger charge is 2.49.